The van der Waals surface area contributed by atoms with Crippen LogP contribution in [0.15, 0.2) is 41.5 Å². The lowest BCUT2D eigenvalue weighted by Gasteiger charge is -2.11. The summed E-state index contributed by atoms with van der Waals surface area (Å²) in [5.41, 5.74) is 0.889. The molecule has 0 amide bonds. The zero-order chi connectivity index (χ0) is 14.5. The van der Waals surface area contributed by atoms with Gasteiger partial charge in [-0.15, -0.1) is 0 Å². The maximum absolute atomic E-state index is 12.8. The Kier molecular flexibility index (Phi) is 4.50. The number of hydrogen-bond donors (Lipinski definition) is 1. The normalized spacial score (nSPS) is 10.8. The molecule has 0 aliphatic heterocycles. The second kappa shape index (κ2) is 6.32. The number of nitrogens with zero attached hydrogens (tertiary/aromatic N) is 2. The highest BCUT2D eigenvalue weighted by atomic mass is 19.1. The van der Waals surface area contributed by atoms with Gasteiger partial charge in [0.2, 0.25) is 0 Å². The molecule has 1 N–H and O–H groups in total. The molecule has 0 bridgehead atoms. The third-order valence-corrected chi connectivity index (χ3v) is 3.04. The maximum Gasteiger partial charge on any atom is 0.293 e. The molecule has 1 aromatic heterocycles. The van der Waals surface area contributed by atoms with E-state index >= 15 is 0 Å². The number of rotatable bonds is 5. The van der Waals surface area contributed by atoms with Gasteiger partial charge in [0.25, 0.3) is 5.56 Å². The van der Waals surface area contributed by atoms with E-state index in [1.54, 1.807) is 29.1 Å². The summed E-state index contributed by atoms with van der Waals surface area (Å²) >= 11 is 0. The summed E-state index contributed by atoms with van der Waals surface area (Å²) in [6.07, 6.45) is 4.00. The summed E-state index contributed by atoms with van der Waals surface area (Å²) in [5, 5.41) is 3.03. The van der Waals surface area contributed by atoms with Crippen molar-refractivity contribution < 1.29 is 4.39 Å². The van der Waals surface area contributed by atoms with Gasteiger partial charge in [0.05, 0.1) is 0 Å². The molecular weight excluding hydrogens is 257 g/mol. The SMILES string of the molecule is CC(C)n1ccnc(NCCc2ccc(F)cc2)c1=O. The average molecular weight is 275 g/mol. The summed E-state index contributed by atoms with van der Waals surface area (Å²) < 4.78 is 14.4. The number of aromatic nitrogens is 2. The molecule has 0 aliphatic carbocycles. The molecular formula is C15H18FN3O. The quantitative estimate of drug-likeness (QED) is 0.912. The molecule has 0 saturated carbocycles. The van der Waals surface area contributed by atoms with E-state index in [0.29, 0.717) is 18.8 Å². The summed E-state index contributed by atoms with van der Waals surface area (Å²) in [7, 11) is 0. The zero-order valence-electron chi connectivity index (χ0n) is 11.6. The van der Waals surface area contributed by atoms with Crippen LogP contribution in [-0.2, 0) is 6.42 Å². The topological polar surface area (TPSA) is 46.9 Å². The third-order valence-electron chi connectivity index (χ3n) is 3.04. The van der Waals surface area contributed by atoms with E-state index in [9.17, 15) is 9.18 Å². The van der Waals surface area contributed by atoms with Crippen LogP contribution in [0.5, 0.6) is 0 Å². The van der Waals surface area contributed by atoms with E-state index in [1.807, 2.05) is 13.8 Å². The second-order valence-electron chi connectivity index (χ2n) is 4.89. The Labute approximate surface area is 117 Å². The minimum absolute atomic E-state index is 0.100. The molecule has 106 valence electrons. The van der Waals surface area contributed by atoms with Gasteiger partial charge in [-0.25, -0.2) is 9.37 Å². The molecule has 0 aliphatic rings. The molecule has 0 radical (unpaired) electrons. The van der Waals surface area contributed by atoms with Crippen molar-refractivity contribution in [1.29, 1.82) is 0 Å². The Bertz CT molecular complexity index is 620. The Morgan fingerprint density at radius 1 is 1.30 bits per heavy atom. The highest BCUT2D eigenvalue weighted by Gasteiger charge is 2.06. The van der Waals surface area contributed by atoms with E-state index < -0.39 is 0 Å². The van der Waals surface area contributed by atoms with Gasteiger partial charge in [-0.05, 0) is 38.0 Å². The monoisotopic (exact) mass is 275 g/mol. The predicted molar refractivity (Wildman–Crippen MR) is 77.5 cm³/mol. The maximum atomic E-state index is 12.8. The van der Waals surface area contributed by atoms with Crippen LogP contribution < -0.4 is 10.9 Å². The predicted octanol–water partition coefficient (Wildman–Crippen LogP) is 2.62. The lowest BCUT2D eigenvalue weighted by Crippen LogP contribution is -2.26. The molecule has 1 aromatic carbocycles. The van der Waals surface area contributed by atoms with Crippen LogP contribution in [0.2, 0.25) is 0 Å². The summed E-state index contributed by atoms with van der Waals surface area (Å²) in [4.78, 5) is 16.1. The third kappa shape index (κ3) is 3.44. The smallest absolute Gasteiger partial charge is 0.293 e. The van der Waals surface area contributed by atoms with E-state index in [2.05, 4.69) is 10.3 Å². The van der Waals surface area contributed by atoms with Crippen LogP contribution in [0.1, 0.15) is 25.5 Å². The minimum atomic E-state index is -0.244. The van der Waals surface area contributed by atoms with Gasteiger partial charge in [0, 0.05) is 25.0 Å². The lowest BCUT2D eigenvalue weighted by molar-refractivity contribution is 0.575. The van der Waals surface area contributed by atoms with Crippen molar-refractivity contribution in [2.45, 2.75) is 26.3 Å². The van der Waals surface area contributed by atoms with Gasteiger partial charge in [0.15, 0.2) is 5.82 Å². The molecule has 0 saturated heterocycles. The van der Waals surface area contributed by atoms with E-state index in [-0.39, 0.29) is 17.4 Å². The number of hydrogen-bond acceptors (Lipinski definition) is 3. The standard InChI is InChI=1S/C15H18FN3O/c1-11(2)19-10-9-18-14(15(19)20)17-8-7-12-3-5-13(16)6-4-12/h3-6,9-11H,7-8H2,1-2H3,(H,17,18). The first-order valence-electron chi connectivity index (χ1n) is 6.63. The van der Waals surface area contributed by atoms with Crippen molar-refractivity contribution in [2.24, 2.45) is 0 Å². The molecule has 0 spiro atoms. The molecule has 1 heterocycles. The Morgan fingerprint density at radius 3 is 2.65 bits per heavy atom. The lowest BCUT2D eigenvalue weighted by atomic mass is 10.1. The fraction of sp³-hybridized carbons (Fsp3) is 0.333. The first kappa shape index (κ1) is 14.2. The van der Waals surface area contributed by atoms with Crippen LogP contribution >= 0.6 is 0 Å². The second-order valence-corrected chi connectivity index (χ2v) is 4.89. The van der Waals surface area contributed by atoms with E-state index in [1.165, 1.54) is 12.1 Å². The Morgan fingerprint density at radius 2 is 2.00 bits per heavy atom. The molecule has 2 aromatic rings. The van der Waals surface area contributed by atoms with Crippen molar-refractivity contribution >= 4 is 5.82 Å². The highest BCUT2D eigenvalue weighted by molar-refractivity contribution is 5.31. The molecule has 2 rings (SSSR count). The molecule has 0 unspecified atom stereocenters. The van der Waals surface area contributed by atoms with Crippen LogP contribution in [0.4, 0.5) is 10.2 Å². The number of halogens is 1. The number of benzene rings is 1. The number of anilines is 1. The van der Waals surface area contributed by atoms with Crippen molar-refractivity contribution in [1.82, 2.24) is 9.55 Å². The minimum Gasteiger partial charge on any atom is -0.365 e. The largest absolute Gasteiger partial charge is 0.365 e. The fourth-order valence-corrected chi connectivity index (χ4v) is 1.93. The fourth-order valence-electron chi connectivity index (χ4n) is 1.93. The Hall–Kier alpha value is -2.17. The summed E-state index contributed by atoms with van der Waals surface area (Å²) in [6.45, 7) is 4.48. The average Bonchev–Trinajstić information content (AvgIpc) is 2.42. The zero-order valence-corrected chi connectivity index (χ0v) is 11.6. The van der Waals surface area contributed by atoms with Gasteiger partial charge in [-0.3, -0.25) is 4.79 Å². The van der Waals surface area contributed by atoms with E-state index in [0.717, 1.165) is 5.56 Å². The molecule has 5 heteroatoms. The van der Waals surface area contributed by atoms with Crippen molar-refractivity contribution in [3.05, 3.63) is 58.4 Å². The summed E-state index contributed by atoms with van der Waals surface area (Å²) in [5.74, 6) is 0.106. The molecule has 20 heavy (non-hydrogen) atoms. The van der Waals surface area contributed by atoms with Gasteiger partial charge < -0.3 is 9.88 Å². The Balaban J connectivity index is 1.99. The van der Waals surface area contributed by atoms with E-state index in [4.69, 9.17) is 0 Å². The molecule has 4 nitrogen and oxygen atoms in total. The van der Waals surface area contributed by atoms with Crippen LogP contribution in [0, 0.1) is 5.82 Å². The first-order valence-corrected chi connectivity index (χ1v) is 6.63. The van der Waals surface area contributed by atoms with Crippen molar-refractivity contribution in [3.8, 4) is 0 Å². The van der Waals surface area contributed by atoms with Crippen LogP contribution in [0.3, 0.4) is 0 Å². The molecule has 0 atom stereocenters. The van der Waals surface area contributed by atoms with Gasteiger partial charge in [-0.1, -0.05) is 12.1 Å². The molecule has 0 fully saturated rings. The van der Waals surface area contributed by atoms with Gasteiger partial charge in [-0.2, -0.15) is 0 Å². The van der Waals surface area contributed by atoms with Gasteiger partial charge in [0.1, 0.15) is 5.82 Å². The van der Waals surface area contributed by atoms with Crippen LogP contribution in [0.25, 0.3) is 0 Å². The van der Waals surface area contributed by atoms with Gasteiger partial charge >= 0.3 is 0 Å². The van der Waals surface area contributed by atoms with Crippen LogP contribution in [-0.4, -0.2) is 16.1 Å². The van der Waals surface area contributed by atoms with Crippen molar-refractivity contribution in [3.63, 3.8) is 0 Å². The number of nitrogens with one attached hydrogen (secondary N) is 1. The summed E-state index contributed by atoms with van der Waals surface area (Å²) in [6, 6.07) is 6.44. The van der Waals surface area contributed by atoms with Crippen molar-refractivity contribution in [2.75, 3.05) is 11.9 Å². The first-order chi connectivity index (χ1) is 9.58. The highest BCUT2D eigenvalue weighted by Crippen LogP contribution is 2.05.